The largest absolute Gasteiger partial charge is 0.392 e. The van der Waals surface area contributed by atoms with Crippen molar-refractivity contribution in [2.75, 3.05) is 12.3 Å². The topological polar surface area (TPSA) is 46.3 Å². The fourth-order valence-corrected chi connectivity index (χ4v) is 5.27. The molecule has 0 spiro atoms. The lowest BCUT2D eigenvalue weighted by atomic mass is 10.2. The first-order valence-corrected chi connectivity index (χ1v) is 8.84. The Kier molecular flexibility index (Phi) is 3.82. The number of hydrogen-bond acceptors (Lipinski definition) is 4. The minimum Gasteiger partial charge on any atom is -0.392 e. The quantitative estimate of drug-likeness (QED) is 0.852. The van der Waals surface area contributed by atoms with Crippen LogP contribution in [0.4, 0.5) is 0 Å². The summed E-state index contributed by atoms with van der Waals surface area (Å²) in [7, 11) is 0. The van der Waals surface area contributed by atoms with Crippen LogP contribution in [0.2, 0.25) is 0 Å². The number of thiocarbonyl (C=S) groups is 1. The first-order valence-electron chi connectivity index (χ1n) is 6.46. The molecule has 0 aromatic carbocycles. The molecule has 3 nitrogen and oxygen atoms in total. The van der Waals surface area contributed by atoms with Crippen molar-refractivity contribution in [3.63, 3.8) is 0 Å². The number of nitrogens with zero attached hydrogens (tertiary/aromatic N) is 1. The van der Waals surface area contributed by atoms with Gasteiger partial charge in [-0.05, 0) is 36.6 Å². The fraction of sp³-hybridized carbons (Fsp3) is 0.538. The molecule has 0 radical (unpaired) electrons. The fourth-order valence-electron chi connectivity index (χ4n) is 2.70. The molecule has 0 aliphatic carbocycles. The van der Waals surface area contributed by atoms with E-state index in [1.54, 1.807) is 11.3 Å². The average molecular weight is 312 g/mol. The summed E-state index contributed by atoms with van der Waals surface area (Å²) in [5.74, 6) is 2.32. The molecule has 0 bridgehead atoms. The molecule has 1 atom stereocenters. The third kappa shape index (κ3) is 2.53. The number of thiophene rings is 1. The molecule has 1 amide bonds. The molecule has 6 heteroatoms. The van der Waals surface area contributed by atoms with E-state index in [2.05, 4.69) is 6.07 Å². The molecular weight excluding hydrogens is 296 g/mol. The number of nitrogens with two attached hydrogens (primary N) is 1. The summed E-state index contributed by atoms with van der Waals surface area (Å²) in [6, 6.07) is 2.03. The molecule has 3 rings (SSSR count). The summed E-state index contributed by atoms with van der Waals surface area (Å²) >= 11 is 8.67. The Morgan fingerprint density at radius 3 is 3.11 bits per heavy atom. The van der Waals surface area contributed by atoms with Crippen molar-refractivity contribution in [3.8, 4) is 0 Å². The number of rotatable bonds is 2. The van der Waals surface area contributed by atoms with Gasteiger partial charge >= 0.3 is 0 Å². The summed E-state index contributed by atoms with van der Waals surface area (Å²) in [6.07, 6.45) is 2.99. The maximum atomic E-state index is 12.6. The summed E-state index contributed by atoms with van der Waals surface area (Å²) in [5.41, 5.74) is 7.08. The van der Waals surface area contributed by atoms with Crippen LogP contribution in [0.1, 0.15) is 33.0 Å². The number of aryl methyl sites for hydroxylation is 1. The van der Waals surface area contributed by atoms with E-state index in [0.717, 1.165) is 36.4 Å². The van der Waals surface area contributed by atoms with Gasteiger partial charge in [0.25, 0.3) is 5.91 Å². The highest BCUT2D eigenvalue weighted by Crippen LogP contribution is 2.33. The van der Waals surface area contributed by atoms with Gasteiger partial charge in [-0.15, -0.1) is 11.3 Å². The Hall–Kier alpha value is -0.590. The van der Waals surface area contributed by atoms with Crippen LogP contribution in [0.3, 0.4) is 0 Å². The molecule has 1 unspecified atom stereocenters. The Morgan fingerprint density at radius 2 is 2.37 bits per heavy atom. The van der Waals surface area contributed by atoms with E-state index in [4.69, 9.17) is 18.0 Å². The number of thioether (sulfide) groups is 1. The Labute approximate surface area is 126 Å². The smallest absolute Gasteiger partial charge is 0.264 e. The monoisotopic (exact) mass is 312 g/mol. The van der Waals surface area contributed by atoms with Crippen molar-refractivity contribution >= 4 is 46.2 Å². The van der Waals surface area contributed by atoms with Gasteiger partial charge in [0.1, 0.15) is 0 Å². The van der Waals surface area contributed by atoms with Gasteiger partial charge in [0, 0.05) is 17.2 Å². The van der Waals surface area contributed by atoms with Crippen molar-refractivity contribution in [3.05, 3.63) is 21.4 Å². The highest BCUT2D eigenvalue weighted by Gasteiger charge is 2.32. The summed E-state index contributed by atoms with van der Waals surface area (Å²) in [4.78, 5) is 17.1. The lowest BCUT2D eigenvalue weighted by Crippen LogP contribution is -2.42. The number of likely N-dealkylation sites (tertiary alicyclic amines) is 1. The summed E-state index contributed by atoms with van der Waals surface area (Å²) in [6.45, 7) is 0.776. The van der Waals surface area contributed by atoms with E-state index >= 15 is 0 Å². The van der Waals surface area contributed by atoms with Crippen LogP contribution in [-0.4, -0.2) is 34.1 Å². The molecule has 1 fully saturated rings. The maximum Gasteiger partial charge on any atom is 0.264 e. The Bertz CT molecular complexity index is 502. The van der Waals surface area contributed by atoms with Gasteiger partial charge in [-0.3, -0.25) is 4.79 Å². The second kappa shape index (κ2) is 5.42. The van der Waals surface area contributed by atoms with Crippen LogP contribution in [-0.2, 0) is 12.2 Å². The predicted molar refractivity (Wildman–Crippen MR) is 85.0 cm³/mol. The van der Waals surface area contributed by atoms with Crippen LogP contribution in [0, 0.1) is 0 Å². The van der Waals surface area contributed by atoms with E-state index in [9.17, 15) is 4.79 Å². The van der Waals surface area contributed by atoms with E-state index < -0.39 is 0 Å². The second-order valence-electron chi connectivity index (χ2n) is 4.92. The number of carbonyl (C=O) groups is 1. The first kappa shape index (κ1) is 13.4. The molecule has 2 aliphatic rings. The van der Waals surface area contributed by atoms with E-state index in [0.29, 0.717) is 4.99 Å². The number of hydrogen-bond donors (Lipinski definition) is 1. The Balaban J connectivity index is 1.83. The van der Waals surface area contributed by atoms with Gasteiger partial charge in [-0.25, -0.2) is 0 Å². The SMILES string of the molecule is NC(=S)C1CCCN1C(=O)c1cc2c(s1)CCSC2. The number of carbonyl (C=O) groups excluding carboxylic acids is 1. The van der Waals surface area contributed by atoms with E-state index in [1.807, 2.05) is 16.7 Å². The molecule has 102 valence electrons. The third-order valence-electron chi connectivity index (χ3n) is 3.68. The Morgan fingerprint density at radius 1 is 1.53 bits per heavy atom. The summed E-state index contributed by atoms with van der Waals surface area (Å²) < 4.78 is 0. The predicted octanol–water partition coefficient (Wildman–Crippen LogP) is 2.43. The minimum absolute atomic E-state index is 0.0454. The zero-order valence-corrected chi connectivity index (χ0v) is 13.0. The standard InChI is InChI=1S/C13H16N2OS3/c14-12(17)9-2-1-4-15(9)13(16)11-6-8-7-18-5-3-10(8)19-11/h6,9H,1-5,7H2,(H2,14,17). The zero-order valence-electron chi connectivity index (χ0n) is 10.6. The molecule has 19 heavy (non-hydrogen) atoms. The lowest BCUT2D eigenvalue weighted by Gasteiger charge is -2.22. The van der Waals surface area contributed by atoms with Crippen molar-refractivity contribution in [1.29, 1.82) is 0 Å². The van der Waals surface area contributed by atoms with Gasteiger partial charge < -0.3 is 10.6 Å². The van der Waals surface area contributed by atoms with E-state index in [1.165, 1.54) is 16.2 Å². The summed E-state index contributed by atoms with van der Waals surface area (Å²) in [5, 5.41) is 0. The van der Waals surface area contributed by atoms with Gasteiger partial charge in [0.05, 0.1) is 15.9 Å². The van der Waals surface area contributed by atoms with Gasteiger partial charge in [0.15, 0.2) is 0 Å². The van der Waals surface area contributed by atoms with Crippen molar-refractivity contribution < 1.29 is 4.79 Å². The minimum atomic E-state index is -0.0454. The van der Waals surface area contributed by atoms with Crippen LogP contribution in [0.15, 0.2) is 6.07 Å². The van der Waals surface area contributed by atoms with Crippen molar-refractivity contribution in [2.45, 2.75) is 31.1 Å². The third-order valence-corrected chi connectivity index (χ3v) is 6.19. The molecule has 1 aromatic heterocycles. The van der Waals surface area contributed by atoms with Crippen LogP contribution in [0.25, 0.3) is 0 Å². The first-order chi connectivity index (χ1) is 9.16. The zero-order chi connectivity index (χ0) is 13.4. The molecule has 1 aromatic rings. The highest BCUT2D eigenvalue weighted by atomic mass is 32.2. The van der Waals surface area contributed by atoms with Crippen LogP contribution in [0.5, 0.6) is 0 Å². The van der Waals surface area contributed by atoms with Gasteiger partial charge in [0.2, 0.25) is 0 Å². The van der Waals surface area contributed by atoms with Crippen LogP contribution < -0.4 is 5.73 Å². The highest BCUT2D eigenvalue weighted by molar-refractivity contribution is 7.98. The second-order valence-corrected chi connectivity index (χ2v) is 7.63. The maximum absolute atomic E-state index is 12.6. The molecule has 3 heterocycles. The molecule has 0 saturated carbocycles. The van der Waals surface area contributed by atoms with Gasteiger partial charge in [-0.2, -0.15) is 11.8 Å². The van der Waals surface area contributed by atoms with Crippen molar-refractivity contribution in [1.82, 2.24) is 4.90 Å². The van der Waals surface area contributed by atoms with E-state index in [-0.39, 0.29) is 11.9 Å². The molecule has 1 saturated heterocycles. The van der Waals surface area contributed by atoms with Crippen LogP contribution >= 0.6 is 35.3 Å². The number of amides is 1. The molecular formula is C13H16N2OS3. The average Bonchev–Trinajstić information content (AvgIpc) is 3.04. The molecule has 2 N–H and O–H groups in total. The lowest BCUT2D eigenvalue weighted by molar-refractivity contribution is 0.0775. The van der Waals surface area contributed by atoms with Gasteiger partial charge in [-0.1, -0.05) is 12.2 Å². The molecule has 2 aliphatic heterocycles. The van der Waals surface area contributed by atoms with Crippen molar-refractivity contribution in [2.24, 2.45) is 5.73 Å². The number of fused-ring (bicyclic) bond motifs is 1. The normalized spacial score (nSPS) is 22.3.